The van der Waals surface area contributed by atoms with Crippen molar-refractivity contribution >= 4 is 51.5 Å². The average molecular weight is 626 g/mol. The molecule has 0 radical (unpaired) electrons. The number of methoxy groups -OCH3 is 1. The molecule has 4 aromatic rings. The average Bonchev–Trinajstić information content (AvgIpc) is 3.71. The van der Waals surface area contributed by atoms with Crippen LogP contribution in [0.25, 0.3) is 0 Å². The standard InChI is InChI=1S/C30H28ClN3O6S2/c1-4-5-14-39-21-13-11-18(15-23(21)38-3)25-24(26(35)22-12-10-17(2)40-22)27(36)28(37)34(25)29-32-33-30(42-29)41-16-19-8-6-7-9-20(19)31/h6-13,15,25,36H,4-5,14,16H2,1-3H3. The number of nitrogens with zero attached hydrogens (tertiary/aromatic N) is 3. The number of anilines is 1. The smallest absolute Gasteiger partial charge is 0.296 e. The van der Waals surface area contributed by atoms with Crippen LogP contribution in [0, 0.1) is 6.92 Å². The molecule has 1 atom stereocenters. The Hall–Kier alpha value is -3.80. The van der Waals surface area contributed by atoms with Crippen molar-refractivity contribution in [2.45, 2.75) is 42.8 Å². The zero-order valence-electron chi connectivity index (χ0n) is 23.1. The number of rotatable bonds is 12. The van der Waals surface area contributed by atoms with Crippen molar-refractivity contribution in [2.75, 3.05) is 18.6 Å². The van der Waals surface area contributed by atoms with Gasteiger partial charge in [-0.2, -0.15) is 0 Å². The third-order valence-electron chi connectivity index (χ3n) is 6.59. The molecule has 3 heterocycles. The monoisotopic (exact) mass is 625 g/mol. The highest BCUT2D eigenvalue weighted by atomic mass is 35.5. The number of benzene rings is 2. The number of furan rings is 1. The minimum Gasteiger partial charge on any atom is -0.503 e. The van der Waals surface area contributed by atoms with Gasteiger partial charge in [0.05, 0.1) is 25.3 Å². The lowest BCUT2D eigenvalue weighted by molar-refractivity contribution is -0.117. The summed E-state index contributed by atoms with van der Waals surface area (Å²) in [6.45, 7) is 4.29. The number of aromatic nitrogens is 2. The van der Waals surface area contributed by atoms with Crippen LogP contribution in [0.15, 0.2) is 74.7 Å². The van der Waals surface area contributed by atoms with E-state index in [9.17, 15) is 14.7 Å². The molecule has 12 heteroatoms. The van der Waals surface area contributed by atoms with Gasteiger partial charge in [-0.3, -0.25) is 14.5 Å². The van der Waals surface area contributed by atoms with Crippen molar-refractivity contribution in [2.24, 2.45) is 0 Å². The zero-order chi connectivity index (χ0) is 29.8. The molecule has 0 spiro atoms. The molecular formula is C30H28ClN3O6S2. The van der Waals surface area contributed by atoms with Crippen molar-refractivity contribution in [1.82, 2.24) is 10.2 Å². The molecular weight excluding hydrogens is 598 g/mol. The number of hydrogen-bond acceptors (Lipinski definition) is 10. The molecule has 2 aromatic heterocycles. The molecule has 1 amide bonds. The number of hydrogen-bond donors (Lipinski definition) is 1. The first kappa shape index (κ1) is 29.7. The summed E-state index contributed by atoms with van der Waals surface area (Å²) < 4.78 is 17.6. The van der Waals surface area contributed by atoms with Crippen LogP contribution in [0.3, 0.4) is 0 Å². The first-order valence-electron chi connectivity index (χ1n) is 13.2. The van der Waals surface area contributed by atoms with E-state index in [4.69, 9.17) is 25.5 Å². The van der Waals surface area contributed by atoms with Crippen molar-refractivity contribution in [3.05, 3.63) is 93.6 Å². The maximum absolute atomic E-state index is 13.7. The summed E-state index contributed by atoms with van der Waals surface area (Å²) in [6, 6.07) is 14.8. The Labute approximate surface area is 256 Å². The number of aryl methyl sites for hydroxylation is 1. The second-order valence-electron chi connectivity index (χ2n) is 9.42. The summed E-state index contributed by atoms with van der Waals surface area (Å²) >= 11 is 8.89. The van der Waals surface area contributed by atoms with Gasteiger partial charge in [-0.05, 0) is 54.8 Å². The number of thioether (sulfide) groups is 1. The summed E-state index contributed by atoms with van der Waals surface area (Å²) in [6.07, 6.45) is 1.85. The summed E-state index contributed by atoms with van der Waals surface area (Å²) in [5, 5.41) is 20.5. The van der Waals surface area contributed by atoms with Gasteiger partial charge < -0.3 is 19.0 Å². The first-order valence-corrected chi connectivity index (χ1v) is 15.4. The number of ketones is 1. The Kier molecular flexibility index (Phi) is 9.20. The van der Waals surface area contributed by atoms with Crippen LogP contribution in [0.1, 0.15) is 53.2 Å². The van der Waals surface area contributed by atoms with E-state index < -0.39 is 23.5 Å². The molecule has 1 aliphatic rings. The molecule has 0 saturated heterocycles. The van der Waals surface area contributed by atoms with Crippen LogP contribution in [-0.4, -0.2) is 40.7 Å². The summed E-state index contributed by atoms with van der Waals surface area (Å²) in [4.78, 5) is 28.5. The highest BCUT2D eigenvalue weighted by Crippen LogP contribution is 2.45. The number of Topliss-reactive ketones (excluding diaryl/α,β-unsaturated/α-hetero) is 1. The van der Waals surface area contributed by atoms with E-state index in [2.05, 4.69) is 17.1 Å². The highest BCUT2D eigenvalue weighted by molar-refractivity contribution is 8.00. The van der Waals surface area contributed by atoms with Crippen molar-refractivity contribution in [3.63, 3.8) is 0 Å². The normalized spacial score (nSPS) is 15.0. The van der Waals surface area contributed by atoms with Gasteiger partial charge in [-0.1, -0.05) is 72.3 Å². The quantitative estimate of drug-likeness (QED) is 0.0746. The maximum Gasteiger partial charge on any atom is 0.296 e. The van der Waals surface area contributed by atoms with E-state index in [0.717, 1.165) is 18.4 Å². The van der Waals surface area contributed by atoms with E-state index in [-0.39, 0.29) is 16.5 Å². The van der Waals surface area contributed by atoms with Crippen LogP contribution in [-0.2, 0) is 10.5 Å². The Morgan fingerprint density at radius 1 is 1.17 bits per heavy atom. The van der Waals surface area contributed by atoms with Gasteiger partial charge in [0.2, 0.25) is 10.9 Å². The van der Waals surface area contributed by atoms with Crippen LogP contribution in [0.2, 0.25) is 5.02 Å². The number of carbonyl (C=O) groups excluding carboxylic acids is 2. The fraction of sp³-hybridized carbons (Fsp3) is 0.267. The second-order valence-corrected chi connectivity index (χ2v) is 12.0. The van der Waals surface area contributed by atoms with Crippen LogP contribution in [0.4, 0.5) is 5.13 Å². The molecule has 5 rings (SSSR count). The lowest BCUT2D eigenvalue weighted by Gasteiger charge is -2.24. The molecule has 1 unspecified atom stereocenters. The fourth-order valence-electron chi connectivity index (χ4n) is 4.45. The van der Waals surface area contributed by atoms with Crippen LogP contribution >= 0.6 is 34.7 Å². The summed E-state index contributed by atoms with van der Waals surface area (Å²) in [5.41, 5.74) is 1.32. The Bertz CT molecular complexity index is 1650. The topological polar surface area (TPSA) is 115 Å². The second kappa shape index (κ2) is 13.0. The maximum atomic E-state index is 13.7. The number of aliphatic hydroxyl groups excluding tert-OH is 1. The molecule has 0 bridgehead atoms. The van der Waals surface area contributed by atoms with Crippen molar-refractivity contribution < 1.29 is 28.6 Å². The molecule has 0 aliphatic carbocycles. The lowest BCUT2D eigenvalue weighted by Crippen LogP contribution is -2.31. The van der Waals surface area contributed by atoms with Gasteiger partial charge in [0.15, 0.2) is 27.4 Å². The third kappa shape index (κ3) is 6.04. The van der Waals surface area contributed by atoms with Gasteiger partial charge >= 0.3 is 0 Å². The van der Waals surface area contributed by atoms with Crippen molar-refractivity contribution in [1.29, 1.82) is 0 Å². The summed E-state index contributed by atoms with van der Waals surface area (Å²) in [7, 11) is 1.52. The van der Waals surface area contributed by atoms with Gasteiger partial charge in [-0.15, -0.1) is 10.2 Å². The molecule has 1 N–H and O–H groups in total. The molecule has 42 heavy (non-hydrogen) atoms. The van der Waals surface area contributed by atoms with E-state index in [0.29, 0.717) is 44.5 Å². The Morgan fingerprint density at radius 2 is 1.98 bits per heavy atom. The molecule has 9 nitrogen and oxygen atoms in total. The Balaban J connectivity index is 1.52. The SMILES string of the molecule is CCCCOc1ccc(C2C(C(=O)c3ccc(C)o3)=C(O)C(=O)N2c2nnc(SCc3ccccc3Cl)s2)cc1OC. The lowest BCUT2D eigenvalue weighted by atomic mass is 9.95. The molecule has 0 fully saturated rings. The van der Waals surface area contributed by atoms with Gasteiger partial charge in [0, 0.05) is 10.8 Å². The van der Waals surface area contributed by atoms with E-state index in [1.807, 2.05) is 24.3 Å². The summed E-state index contributed by atoms with van der Waals surface area (Å²) in [5.74, 6) is -0.0214. The largest absolute Gasteiger partial charge is 0.503 e. The molecule has 2 aromatic carbocycles. The minimum atomic E-state index is -1.02. The van der Waals surface area contributed by atoms with Crippen LogP contribution < -0.4 is 14.4 Å². The highest BCUT2D eigenvalue weighted by Gasteiger charge is 2.47. The van der Waals surface area contributed by atoms with E-state index in [1.165, 1.54) is 41.2 Å². The number of aliphatic hydroxyl groups is 1. The van der Waals surface area contributed by atoms with Gasteiger partial charge in [-0.25, -0.2) is 0 Å². The zero-order valence-corrected chi connectivity index (χ0v) is 25.5. The van der Waals surface area contributed by atoms with Gasteiger partial charge in [0.25, 0.3) is 5.91 Å². The van der Waals surface area contributed by atoms with Gasteiger partial charge in [0.1, 0.15) is 5.76 Å². The van der Waals surface area contributed by atoms with Crippen molar-refractivity contribution in [3.8, 4) is 11.5 Å². The predicted octanol–water partition coefficient (Wildman–Crippen LogP) is 7.36. The molecule has 0 saturated carbocycles. The van der Waals surface area contributed by atoms with E-state index in [1.54, 1.807) is 31.2 Å². The number of ether oxygens (including phenoxy) is 2. The Morgan fingerprint density at radius 3 is 2.69 bits per heavy atom. The number of unbranched alkanes of at least 4 members (excludes halogenated alkanes) is 1. The van der Waals surface area contributed by atoms with E-state index >= 15 is 0 Å². The number of halogens is 1. The fourth-order valence-corrected chi connectivity index (χ4v) is 6.61. The predicted molar refractivity (Wildman–Crippen MR) is 162 cm³/mol. The number of amides is 1. The van der Waals surface area contributed by atoms with Crippen LogP contribution in [0.5, 0.6) is 11.5 Å². The third-order valence-corrected chi connectivity index (χ3v) is 9.06. The minimum absolute atomic E-state index is 0.00781. The number of carbonyl (C=O) groups is 2. The molecule has 1 aliphatic heterocycles. The first-order chi connectivity index (χ1) is 20.3. The molecule has 218 valence electrons.